The molecule has 0 saturated heterocycles. The first-order valence-electron chi connectivity index (χ1n) is 4.96. The second-order valence-electron chi connectivity index (χ2n) is 3.50. The fourth-order valence-corrected chi connectivity index (χ4v) is 1.54. The van der Waals surface area contributed by atoms with Gasteiger partial charge in [0.25, 0.3) is 0 Å². The summed E-state index contributed by atoms with van der Waals surface area (Å²) in [7, 11) is 1.86. The van der Waals surface area contributed by atoms with Crippen molar-refractivity contribution < 1.29 is 0 Å². The maximum atomic E-state index is 5.89. The second kappa shape index (κ2) is 4.63. The van der Waals surface area contributed by atoms with Gasteiger partial charge in [0, 0.05) is 19.7 Å². The van der Waals surface area contributed by atoms with Crippen LogP contribution >= 0.6 is 11.6 Å². The average molecular weight is 241 g/mol. The van der Waals surface area contributed by atoms with Crippen molar-refractivity contribution in [3.05, 3.63) is 29.1 Å². The van der Waals surface area contributed by atoms with Crippen molar-refractivity contribution in [2.75, 3.05) is 6.54 Å². The first-order chi connectivity index (χ1) is 7.70. The molecular weight excluding hydrogens is 228 g/mol. The number of rotatable bonds is 4. The lowest BCUT2D eigenvalue weighted by molar-refractivity contribution is 0.607. The lowest BCUT2D eigenvalue weighted by atomic mass is 10.3. The number of imidazole rings is 1. The third kappa shape index (κ3) is 2.23. The third-order valence-corrected chi connectivity index (χ3v) is 2.67. The quantitative estimate of drug-likeness (QED) is 0.829. The van der Waals surface area contributed by atoms with Crippen molar-refractivity contribution in [2.24, 2.45) is 12.8 Å². The molecule has 86 valence electrons. The fourth-order valence-electron chi connectivity index (χ4n) is 1.39. The van der Waals surface area contributed by atoms with Crippen LogP contribution in [0.25, 0.3) is 0 Å². The van der Waals surface area contributed by atoms with Crippen LogP contribution < -0.4 is 5.73 Å². The van der Waals surface area contributed by atoms with Gasteiger partial charge in [-0.2, -0.15) is 0 Å². The first-order valence-corrected chi connectivity index (χ1v) is 5.33. The van der Waals surface area contributed by atoms with E-state index in [2.05, 4.69) is 15.3 Å². The van der Waals surface area contributed by atoms with Gasteiger partial charge in [-0.05, 0) is 6.54 Å². The maximum absolute atomic E-state index is 5.89. The zero-order chi connectivity index (χ0) is 11.5. The van der Waals surface area contributed by atoms with Crippen LogP contribution in [0.4, 0.5) is 0 Å². The molecule has 0 unspecified atom stereocenters. The minimum Gasteiger partial charge on any atom is -0.330 e. The van der Waals surface area contributed by atoms with E-state index in [1.807, 2.05) is 17.8 Å². The van der Waals surface area contributed by atoms with E-state index in [4.69, 9.17) is 17.3 Å². The monoisotopic (exact) mass is 240 g/mol. The predicted octanol–water partition coefficient (Wildman–Crippen LogP) is 0.215. The van der Waals surface area contributed by atoms with Gasteiger partial charge in [-0.3, -0.25) is 0 Å². The summed E-state index contributed by atoms with van der Waals surface area (Å²) in [4.78, 5) is 4.18. The van der Waals surface area contributed by atoms with Crippen LogP contribution in [-0.2, 0) is 20.0 Å². The summed E-state index contributed by atoms with van der Waals surface area (Å²) in [5, 5.41) is 8.61. The molecule has 2 aromatic rings. The van der Waals surface area contributed by atoms with Crippen LogP contribution in [0, 0.1) is 0 Å². The molecule has 2 aromatic heterocycles. The topological polar surface area (TPSA) is 74.5 Å². The van der Waals surface area contributed by atoms with E-state index >= 15 is 0 Å². The zero-order valence-electron chi connectivity index (χ0n) is 8.97. The van der Waals surface area contributed by atoms with E-state index in [9.17, 15) is 0 Å². The first kappa shape index (κ1) is 11.1. The normalized spacial score (nSPS) is 10.9. The Hall–Kier alpha value is -1.40. The van der Waals surface area contributed by atoms with Crippen molar-refractivity contribution in [3.8, 4) is 0 Å². The van der Waals surface area contributed by atoms with Crippen LogP contribution in [0.5, 0.6) is 0 Å². The molecule has 0 fully saturated rings. The summed E-state index contributed by atoms with van der Waals surface area (Å²) in [5.74, 6) is 0.842. The van der Waals surface area contributed by atoms with Crippen LogP contribution in [-0.4, -0.2) is 31.1 Å². The van der Waals surface area contributed by atoms with Gasteiger partial charge in [0.1, 0.15) is 17.5 Å². The Balaban J connectivity index is 2.11. The molecule has 2 rings (SSSR count). The highest BCUT2D eigenvalue weighted by Gasteiger charge is 2.06. The molecule has 0 saturated carbocycles. The van der Waals surface area contributed by atoms with Gasteiger partial charge < -0.3 is 10.3 Å². The van der Waals surface area contributed by atoms with Gasteiger partial charge in [0.15, 0.2) is 0 Å². The molecule has 0 aliphatic heterocycles. The van der Waals surface area contributed by atoms with E-state index < -0.39 is 0 Å². The van der Waals surface area contributed by atoms with E-state index in [1.165, 1.54) is 0 Å². The van der Waals surface area contributed by atoms with Crippen molar-refractivity contribution >= 4 is 11.6 Å². The molecule has 0 aliphatic rings. The van der Waals surface area contributed by atoms with Crippen LogP contribution in [0.1, 0.15) is 11.5 Å². The summed E-state index contributed by atoms with van der Waals surface area (Å²) in [5.41, 5.74) is 6.33. The van der Waals surface area contributed by atoms with Gasteiger partial charge in [-0.1, -0.05) is 16.8 Å². The highest BCUT2D eigenvalue weighted by Crippen LogP contribution is 2.09. The summed E-state index contributed by atoms with van der Waals surface area (Å²) >= 11 is 5.89. The molecule has 0 amide bonds. The molecule has 6 nitrogen and oxygen atoms in total. The van der Waals surface area contributed by atoms with Gasteiger partial charge in [-0.15, -0.1) is 5.10 Å². The Morgan fingerprint density at radius 1 is 1.50 bits per heavy atom. The van der Waals surface area contributed by atoms with E-state index in [-0.39, 0.29) is 0 Å². The summed E-state index contributed by atoms with van der Waals surface area (Å²) in [6.45, 7) is 1.13. The lowest BCUT2D eigenvalue weighted by Gasteiger charge is -2.01. The molecule has 0 radical (unpaired) electrons. The third-order valence-electron chi connectivity index (χ3n) is 2.32. The molecule has 0 aromatic carbocycles. The minimum atomic E-state index is 0.556. The maximum Gasteiger partial charge on any atom is 0.131 e. The molecular formula is C9H13ClN6. The Bertz CT molecular complexity index is 474. The smallest absolute Gasteiger partial charge is 0.131 e. The van der Waals surface area contributed by atoms with Gasteiger partial charge >= 0.3 is 0 Å². The highest BCUT2D eigenvalue weighted by molar-refractivity contribution is 6.29. The number of nitrogens with two attached hydrogens (primary N) is 1. The predicted molar refractivity (Wildman–Crippen MR) is 60.1 cm³/mol. The second-order valence-corrected chi connectivity index (χ2v) is 3.89. The van der Waals surface area contributed by atoms with Gasteiger partial charge in [0.05, 0.1) is 11.9 Å². The number of hydrogen-bond donors (Lipinski definition) is 1. The van der Waals surface area contributed by atoms with Crippen molar-refractivity contribution in [1.29, 1.82) is 0 Å². The summed E-state index contributed by atoms with van der Waals surface area (Å²) < 4.78 is 3.54. The number of aromatic nitrogens is 5. The largest absolute Gasteiger partial charge is 0.330 e. The number of hydrogen-bond acceptors (Lipinski definition) is 4. The fraction of sp³-hybridized carbons (Fsp3) is 0.444. The molecule has 7 heteroatoms. The lowest BCUT2D eigenvalue weighted by Crippen LogP contribution is -2.06. The minimum absolute atomic E-state index is 0.556. The molecule has 16 heavy (non-hydrogen) atoms. The van der Waals surface area contributed by atoms with Crippen molar-refractivity contribution in [1.82, 2.24) is 24.5 Å². The SMILES string of the molecule is Cn1c(Cl)cnc1Cn1cc(CCN)nn1. The van der Waals surface area contributed by atoms with Gasteiger partial charge in [-0.25, -0.2) is 9.67 Å². The number of nitrogens with zero attached hydrogens (tertiary/aromatic N) is 5. The molecule has 2 heterocycles. The Labute approximate surface area is 98.0 Å². The van der Waals surface area contributed by atoms with E-state index in [1.54, 1.807) is 10.9 Å². The summed E-state index contributed by atoms with van der Waals surface area (Å²) in [6.07, 6.45) is 4.23. The Kier molecular flexibility index (Phi) is 3.21. The zero-order valence-corrected chi connectivity index (χ0v) is 9.72. The Morgan fingerprint density at radius 2 is 2.31 bits per heavy atom. The van der Waals surface area contributed by atoms with Gasteiger partial charge in [0.2, 0.25) is 0 Å². The average Bonchev–Trinajstić information content (AvgIpc) is 2.82. The van der Waals surface area contributed by atoms with E-state index in [0.717, 1.165) is 17.9 Å². The molecule has 2 N–H and O–H groups in total. The molecule has 0 atom stereocenters. The molecule has 0 bridgehead atoms. The molecule has 0 aliphatic carbocycles. The molecule has 0 spiro atoms. The summed E-state index contributed by atoms with van der Waals surface area (Å²) in [6, 6.07) is 0. The highest BCUT2D eigenvalue weighted by atomic mass is 35.5. The Morgan fingerprint density at radius 3 is 2.94 bits per heavy atom. The standard InChI is InChI=1S/C9H13ClN6/c1-15-8(10)4-12-9(15)6-16-5-7(2-3-11)13-14-16/h4-5H,2-3,6,11H2,1H3. The van der Waals surface area contributed by atoms with E-state index in [0.29, 0.717) is 18.2 Å². The van der Waals surface area contributed by atoms with Crippen LogP contribution in [0.2, 0.25) is 5.15 Å². The van der Waals surface area contributed by atoms with Crippen LogP contribution in [0.15, 0.2) is 12.4 Å². The van der Waals surface area contributed by atoms with Crippen LogP contribution in [0.3, 0.4) is 0 Å². The van der Waals surface area contributed by atoms with Crippen molar-refractivity contribution in [3.63, 3.8) is 0 Å². The van der Waals surface area contributed by atoms with Crippen molar-refractivity contribution in [2.45, 2.75) is 13.0 Å². The number of halogens is 1.